The zero-order chi connectivity index (χ0) is 12.3. The summed E-state index contributed by atoms with van der Waals surface area (Å²) in [6.45, 7) is 4.40. The first-order valence-corrected chi connectivity index (χ1v) is 6.43. The molecule has 0 aromatic heterocycles. The quantitative estimate of drug-likeness (QED) is 0.671. The summed E-state index contributed by atoms with van der Waals surface area (Å²) in [5, 5.41) is 0. The largest absolute Gasteiger partial charge is 0.376 e. The fourth-order valence-corrected chi connectivity index (χ4v) is 2.22. The van der Waals surface area contributed by atoms with Crippen molar-refractivity contribution in [3.63, 3.8) is 0 Å². The third kappa shape index (κ3) is 3.10. The molecule has 2 heterocycles. The Morgan fingerprint density at radius 2 is 2.18 bits per heavy atom. The van der Waals surface area contributed by atoms with E-state index in [-0.39, 0.29) is 18.1 Å². The van der Waals surface area contributed by atoms with E-state index >= 15 is 0 Å². The standard InChI is InChI=1S/C11H18ClNO4/c1-8-6-17-9(4-12)5-13(8)11(14)10-7-15-2-3-16-10/h8-10H,2-7H2,1H3. The zero-order valence-corrected chi connectivity index (χ0v) is 10.7. The lowest BCUT2D eigenvalue weighted by atomic mass is 10.1. The van der Waals surface area contributed by atoms with Gasteiger partial charge in [-0.25, -0.2) is 0 Å². The van der Waals surface area contributed by atoms with Crippen LogP contribution in [0, 0.1) is 0 Å². The molecule has 3 unspecified atom stereocenters. The van der Waals surface area contributed by atoms with Gasteiger partial charge >= 0.3 is 0 Å². The molecule has 0 bridgehead atoms. The summed E-state index contributed by atoms with van der Waals surface area (Å²) >= 11 is 5.76. The minimum absolute atomic E-state index is 0.0179. The Morgan fingerprint density at radius 3 is 2.82 bits per heavy atom. The minimum Gasteiger partial charge on any atom is -0.376 e. The van der Waals surface area contributed by atoms with Crippen LogP contribution < -0.4 is 0 Å². The number of amides is 1. The number of carbonyl (C=O) groups excluding carboxylic acids is 1. The fourth-order valence-electron chi connectivity index (χ4n) is 2.03. The van der Waals surface area contributed by atoms with Gasteiger partial charge in [0.15, 0.2) is 6.10 Å². The van der Waals surface area contributed by atoms with Gasteiger partial charge in [-0.05, 0) is 6.92 Å². The predicted molar refractivity (Wildman–Crippen MR) is 62.2 cm³/mol. The van der Waals surface area contributed by atoms with Crippen LogP contribution in [0.1, 0.15) is 6.92 Å². The number of morpholine rings is 1. The Kier molecular flexibility index (Phi) is 4.62. The van der Waals surface area contributed by atoms with E-state index in [0.717, 1.165) is 0 Å². The topological polar surface area (TPSA) is 48.0 Å². The lowest BCUT2D eigenvalue weighted by Gasteiger charge is -2.39. The molecule has 0 aliphatic carbocycles. The Hall–Kier alpha value is -0.360. The second kappa shape index (κ2) is 6.00. The number of rotatable bonds is 2. The molecule has 2 aliphatic rings. The first kappa shape index (κ1) is 13.1. The van der Waals surface area contributed by atoms with Crippen LogP contribution in [-0.4, -0.2) is 67.9 Å². The third-order valence-corrected chi connectivity index (χ3v) is 3.40. The highest BCUT2D eigenvalue weighted by molar-refractivity contribution is 6.18. The number of halogens is 1. The molecule has 2 fully saturated rings. The lowest BCUT2D eigenvalue weighted by molar-refractivity contribution is -0.167. The van der Waals surface area contributed by atoms with Gasteiger partial charge in [0.1, 0.15) is 0 Å². The van der Waals surface area contributed by atoms with Gasteiger partial charge in [0, 0.05) is 6.54 Å². The van der Waals surface area contributed by atoms with Gasteiger partial charge in [0.2, 0.25) is 0 Å². The average Bonchev–Trinajstić information content (AvgIpc) is 2.39. The Balaban J connectivity index is 1.95. The molecule has 17 heavy (non-hydrogen) atoms. The van der Waals surface area contributed by atoms with E-state index in [0.29, 0.717) is 38.9 Å². The van der Waals surface area contributed by atoms with Gasteiger partial charge in [-0.1, -0.05) is 0 Å². The fraction of sp³-hybridized carbons (Fsp3) is 0.909. The smallest absolute Gasteiger partial charge is 0.254 e. The van der Waals surface area contributed by atoms with E-state index in [1.165, 1.54) is 0 Å². The number of hydrogen-bond donors (Lipinski definition) is 0. The molecule has 0 aromatic rings. The molecule has 0 N–H and O–H groups in total. The normalized spacial score (nSPS) is 34.7. The summed E-state index contributed by atoms with van der Waals surface area (Å²) in [6, 6.07) is 0.0625. The molecule has 0 radical (unpaired) electrons. The highest BCUT2D eigenvalue weighted by Gasteiger charge is 2.34. The second-order valence-corrected chi connectivity index (χ2v) is 4.69. The SMILES string of the molecule is CC1COC(CCl)CN1C(=O)C1COCCO1. The van der Waals surface area contributed by atoms with Crippen molar-refractivity contribution in [1.82, 2.24) is 4.90 Å². The van der Waals surface area contributed by atoms with Crippen LogP contribution in [0.5, 0.6) is 0 Å². The van der Waals surface area contributed by atoms with Crippen molar-refractivity contribution in [3.8, 4) is 0 Å². The summed E-state index contributed by atoms with van der Waals surface area (Å²) in [7, 11) is 0. The van der Waals surface area contributed by atoms with Crippen molar-refractivity contribution < 1.29 is 19.0 Å². The van der Waals surface area contributed by atoms with Crippen molar-refractivity contribution in [2.45, 2.75) is 25.2 Å². The van der Waals surface area contributed by atoms with Crippen LogP contribution in [-0.2, 0) is 19.0 Å². The van der Waals surface area contributed by atoms with Crippen LogP contribution in [0.2, 0.25) is 0 Å². The Labute approximate surface area is 106 Å². The minimum atomic E-state index is -0.472. The number of nitrogens with zero attached hydrogens (tertiary/aromatic N) is 1. The van der Waals surface area contributed by atoms with Gasteiger partial charge in [-0.15, -0.1) is 11.6 Å². The molecule has 1 amide bonds. The molecular weight excluding hydrogens is 246 g/mol. The number of alkyl halides is 1. The Morgan fingerprint density at radius 1 is 1.35 bits per heavy atom. The molecule has 2 aliphatic heterocycles. The molecule has 3 atom stereocenters. The zero-order valence-electron chi connectivity index (χ0n) is 9.93. The predicted octanol–water partition coefficient (Wildman–Crippen LogP) is 0.256. The number of carbonyl (C=O) groups is 1. The van der Waals surface area contributed by atoms with Gasteiger partial charge in [-0.3, -0.25) is 4.79 Å². The van der Waals surface area contributed by atoms with Crippen LogP contribution in [0.15, 0.2) is 0 Å². The van der Waals surface area contributed by atoms with E-state index in [2.05, 4.69) is 0 Å². The van der Waals surface area contributed by atoms with E-state index < -0.39 is 6.10 Å². The van der Waals surface area contributed by atoms with Crippen molar-refractivity contribution in [1.29, 1.82) is 0 Å². The molecular formula is C11H18ClNO4. The molecule has 2 rings (SSSR count). The molecule has 6 heteroatoms. The molecule has 5 nitrogen and oxygen atoms in total. The van der Waals surface area contributed by atoms with E-state index in [9.17, 15) is 4.79 Å². The molecule has 0 saturated carbocycles. The molecule has 0 aromatic carbocycles. The van der Waals surface area contributed by atoms with Gasteiger partial charge in [0.05, 0.1) is 44.5 Å². The lowest BCUT2D eigenvalue weighted by Crippen LogP contribution is -2.56. The van der Waals surface area contributed by atoms with Gasteiger partial charge in [-0.2, -0.15) is 0 Å². The second-order valence-electron chi connectivity index (χ2n) is 4.38. The van der Waals surface area contributed by atoms with Crippen molar-refractivity contribution in [3.05, 3.63) is 0 Å². The maximum absolute atomic E-state index is 12.2. The van der Waals surface area contributed by atoms with Crippen molar-refractivity contribution in [2.24, 2.45) is 0 Å². The molecule has 98 valence electrons. The number of hydrogen-bond acceptors (Lipinski definition) is 4. The molecule has 0 spiro atoms. The Bertz CT molecular complexity index is 270. The van der Waals surface area contributed by atoms with Crippen LogP contribution in [0.4, 0.5) is 0 Å². The summed E-state index contributed by atoms with van der Waals surface area (Å²) in [4.78, 5) is 14.0. The van der Waals surface area contributed by atoms with E-state index in [4.69, 9.17) is 25.8 Å². The van der Waals surface area contributed by atoms with Crippen molar-refractivity contribution >= 4 is 17.5 Å². The highest BCUT2D eigenvalue weighted by atomic mass is 35.5. The number of ether oxygens (including phenoxy) is 3. The summed E-state index contributed by atoms with van der Waals surface area (Å²) < 4.78 is 16.2. The first-order valence-electron chi connectivity index (χ1n) is 5.89. The summed E-state index contributed by atoms with van der Waals surface area (Å²) in [6.07, 6.45) is -0.554. The molecule has 2 saturated heterocycles. The van der Waals surface area contributed by atoms with Gasteiger partial charge in [0.25, 0.3) is 5.91 Å². The summed E-state index contributed by atoms with van der Waals surface area (Å²) in [5.74, 6) is 0.383. The third-order valence-electron chi connectivity index (χ3n) is 3.05. The van der Waals surface area contributed by atoms with E-state index in [1.54, 1.807) is 4.90 Å². The first-order chi connectivity index (χ1) is 8.22. The highest BCUT2D eigenvalue weighted by Crippen LogP contribution is 2.16. The maximum Gasteiger partial charge on any atom is 0.254 e. The summed E-state index contributed by atoms with van der Waals surface area (Å²) in [5.41, 5.74) is 0. The monoisotopic (exact) mass is 263 g/mol. The van der Waals surface area contributed by atoms with Crippen molar-refractivity contribution in [2.75, 3.05) is 38.9 Å². The average molecular weight is 264 g/mol. The van der Waals surface area contributed by atoms with E-state index in [1.807, 2.05) is 6.92 Å². The van der Waals surface area contributed by atoms with Crippen LogP contribution in [0.3, 0.4) is 0 Å². The van der Waals surface area contributed by atoms with Crippen LogP contribution >= 0.6 is 11.6 Å². The van der Waals surface area contributed by atoms with Crippen LogP contribution in [0.25, 0.3) is 0 Å². The maximum atomic E-state index is 12.2. The van der Waals surface area contributed by atoms with Gasteiger partial charge < -0.3 is 19.1 Å².